The minimum Gasteiger partial charge on any atom is -0.462 e. The lowest BCUT2D eigenvalue weighted by Crippen LogP contribution is -2.28. The van der Waals surface area contributed by atoms with Crippen molar-refractivity contribution in [3.05, 3.63) is 75.3 Å². The van der Waals surface area contributed by atoms with Gasteiger partial charge in [-0.3, -0.25) is 4.79 Å². The van der Waals surface area contributed by atoms with Crippen molar-refractivity contribution in [3.63, 3.8) is 0 Å². The minimum absolute atomic E-state index is 0.0866. The molecule has 0 aliphatic carbocycles. The number of fused-ring (bicyclic) bond motifs is 2. The van der Waals surface area contributed by atoms with Crippen molar-refractivity contribution in [3.8, 4) is 0 Å². The molecule has 0 saturated heterocycles. The van der Waals surface area contributed by atoms with Crippen molar-refractivity contribution in [1.82, 2.24) is 9.88 Å². The Morgan fingerprint density at radius 1 is 1.13 bits per heavy atom. The van der Waals surface area contributed by atoms with E-state index >= 15 is 0 Å². The third-order valence-electron chi connectivity index (χ3n) is 6.19. The first-order valence-corrected chi connectivity index (χ1v) is 14.4. The lowest BCUT2D eigenvalue weighted by atomic mass is 9.98. The number of likely N-dealkylation sites (N-methyl/N-ethyl adjacent to an activating group) is 1. The second-order valence-corrected chi connectivity index (χ2v) is 11.7. The molecule has 1 aromatic rings. The Labute approximate surface area is 238 Å². The zero-order valence-electron chi connectivity index (χ0n) is 24.5. The third kappa shape index (κ3) is 13.2. The Hall–Kier alpha value is -2.81. The fourth-order valence-corrected chi connectivity index (χ4v) is 5.11. The van der Waals surface area contributed by atoms with E-state index in [4.69, 9.17) is 20.2 Å². The van der Waals surface area contributed by atoms with Gasteiger partial charge >= 0.3 is 11.9 Å². The highest BCUT2D eigenvalue weighted by Crippen LogP contribution is 2.25. The molecule has 0 spiro atoms. The Morgan fingerprint density at radius 3 is 2.56 bits per heavy atom. The van der Waals surface area contributed by atoms with Crippen molar-refractivity contribution < 1.29 is 19.1 Å². The fraction of sp³-hybridized carbons (Fsp3) is 0.516. The average molecular weight is 556 g/mol. The van der Waals surface area contributed by atoms with Gasteiger partial charge in [0.2, 0.25) is 0 Å². The topological polar surface area (TPSA) is 94.8 Å². The molecular formula is C31H45N3O4S. The number of rotatable bonds is 5. The molecule has 2 bridgehead atoms. The molecule has 4 unspecified atom stereocenters. The molecule has 1 aliphatic rings. The Kier molecular flexibility index (Phi) is 13.6. The van der Waals surface area contributed by atoms with Gasteiger partial charge < -0.3 is 20.1 Å². The van der Waals surface area contributed by atoms with Crippen LogP contribution in [0.15, 0.2) is 64.6 Å². The predicted molar refractivity (Wildman–Crippen MR) is 160 cm³/mol. The maximum Gasteiger partial charge on any atom is 0.331 e. The van der Waals surface area contributed by atoms with Gasteiger partial charge in [-0.15, -0.1) is 11.3 Å². The first kappa shape index (κ1) is 32.4. The summed E-state index contributed by atoms with van der Waals surface area (Å²) in [4.78, 5) is 32.0. The van der Waals surface area contributed by atoms with Crippen LogP contribution in [0.1, 0.15) is 70.5 Å². The summed E-state index contributed by atoms with van der Waals surface area (Å²) in [5.41, 5.74) is 10.4. The lowest BCUT2D eigenvalue weighted by molar-refractivity contribution is -0.148. The summed E-state index contributed by atoms with van der Waals surface area (Å²) in [6, 6.07) is -0.312. The molecule has 39 heavy (non-hydrogen) atoms. The quantitative estimate of drug-likeness (QED) is 0.370. The van der Waals surface area contributed by atoms with Crippen LogP contribution in [0, 0.1) is 0 Å². The second kappa shape index (κ2) is 16.3. The van der Waals surface area contributed by atoms with E-state index < -0.39 is 12.1 Å². The molecule has 2 N–H and O–H groups in total. The van der Waals surface area contributed by atoms with Crippen LogP contribution in [0.25, 0.3) is 0 Å². The number of hydrogen-bond donors (Lipinski definition) is 1. The number of ether oxygens (including phenoxy) is 2. The molecule has 214 valence electrons. The Morgan fingerprint density at radius 2 is 1.85 bits per heavy atom. The molecular weight excluding hydrogens is 510 g/mol. The zero-order valence-corrected chi connectivity index (χ0v) is 25.3. The number of cyclic esters (lactones) is 2. The second-order valence-electron chi connectivity index (χ2n) is 10.8. The van der Waals surface area contributed by atoms with Gasteiger partial charge in [0, 0.05) is 42.8 Å². The molecule has 0 aromatic carbocycles. The van der Waals surface area contributed by atoms with E-state index in [9.17, 15) is 9.59 Å². The van der Waals surface area contributed by atoms with Gasteiger partial charge in [0.25, 0.3) is 0 Å². The summed E-state index contributed by atoms with van der Waals surface area (Å²) in [6.45, 7) is 10.8. The maximum absolute atomic E-state index is 12.7. The fourth-order valence-electron chi connectivity index (χ4n) is 4.15. The summed E-state index contributed by atoms with van der Waals surface area (Å²) < 4.78 is 11.4. The van der Waals surface area contributed by atoms with E-state index in [-0.39, 0.29) is 30.5 Å². The number of nitrogens with zero attached hydrogens (tertiary/aromatic N) is 2. The molecule has 8 heteroatoms. The van der Waals surface area contributed by atoms with E-state index in [1.807, 2.05) is 58.5 Å². The highest BCUT2D eigenvalue weighted by atomic mass is 32.1. The molecule has 1 aliphatic heterocycles. The number of thiazole rings is 1. The Balaban J connectivity index is 2.30. The van der Waals surface area contributed by atoms with Gasteiger partial charge in [0.1, 0.15) is 12.2 Å². The number of allylic oxidation sites excluding steroid dienone is 6. The minimum atomic E-state index is -0.465. The van der Waals surface area contributed by atoms with E-state index in [1.54, 1.807) is 17.4 Å². The monoisotopic (exact) mass is 555 g/mol. The molecule has 2 heterocycles. The van der Waals surface area contributed by atoms with E-state index in [0.717, 1.165) is 34.0 Å². The van der Waals surface area contributed by atoms with Gasteiger partial charge in [-0.2, -0.15) is 0 Å². The smallest absolute Gasteiger partial charge is 0.331 e. The van der Waals surface area contributed by atoms with Gasteiger partial charge in [0.15, 0.2) is 0 Å². The molecule has 2 rings (SSSR count). The van der Waals surface area contributed by atoms with Crippen molar-refractivity contribution in [2.45, 2.75) is 84.5 Å². The first-order chi connectivity index (χ1) is 18.4. The number of esters is 2. The predicted octanol–water partition coefficient (Wildman–Crippen LogP) is 5.66. The van der Waals surface area contributed by atoms with E-state index in [1.165, 1.54) is 6.08 Å². The van der Waals surface area contributed by atoms with E-state index in [2.05, 4.69) is 30.9 Å². The summed E-state index contributed by atoms with van der Waals surface area (Å²) >= 11 is 1.54. The van der Waals surface area contributed by atoms with Crippen LogP contribution in [0.4, 0.5) is 0 Å². The molecule has 0 fully saturated rings. The summed E-state index contributed by atoms with van der Waals surface area (Å²) in [5, 5.41) is 2.90. The van der Waals surface area contributed by atoms with Gasteiger partial charge in [-0.05, 0) is 54.3 Å². The van der Waals surface area contributed by atoms with Gasteiger partial charge in [-0.1, -0.05) is 54.0 Å². The van der Waals surface area contributed by atoms with Crippen LogP contribution in [-0.4, -0.2) is 60.7 Å². The zero-order chi connectivity index (χ0) is 28.9. The Bertz CT molecular complexity index is 1110. The number of aromatic nitrogens is 1. The van der Waals surface area contributed by atoms with Crippen molar-refractivity contribution in [2.24, 2.45) is 5.73 Å². The van der Waals surface area contributed by atoms with Crippen molar-refractivity contribution >= 4 is 23.3 Å². The van der Waals surface area contributed by atoms with Crippen molar-refractivity contribution in [1.29, 1.82) is 0 Å². The summed E-state index contributed by atoms with van der Waals surface area (Å²) in [5.74, 6) is -0.635. The van der Waals surface area contributed by atoms with E-state index in [0.29, 0.717) is 19.3 Å². The number of nitrogens with two attached hydrogens (primary N) is 1. The lowest BCUT2D eigenvalue weighted by Gasteiger charge is -2.18. The van der Waals surface area contributed by atoms with Crippen LogP contribution in [0.5, 0.6) is 0 Å². The van der Waals surface area contributed by atoms with Crippen LogP contribution >= 0.6 is 11.3 Å². The normalized spacial score (nSPS) is 25.9. The molecule has 4 atom stereocenters. The number of carbonyl (C=O) groups excluding carboxylic acids is 2. The molecule has 0 saturated carbocycles. The third-order valence-corrected chi connectivity index (χ3v) is 7.08. The highest BCUT2D eigenvalue weighted by Gasteiger charge is 2.20. The largest absolute Gasteiger partial charge is 0.462 e. The summed E-state index contributed by atoms with van der Waals surface area (Å²) in [6.07, 6.45) is 14.2. The standard InChI is InChI=1S/C31H45N3O4S/c1-21(13-14-34(6)7)11-12-23(3)16-27-19-29-33-28(20-39-29)24(4)17-26(32)18-31(36)37-25(5)15-22(2)9-8-10-30(35)38-27/h8-13,16,20,24-27H,14-15,17-19,32H2,1-7H3/b10-8-,12-11+,21-13+,22-9?,23-16+. The summed E-state index contributed by atoms with van der Waals surface area (Å²) in [7, 11) is 4.07. The highest BCUT2D eigenvalue weighted by molar-refractivity contribution is 7.09. The average Bonchev–Trinajstić information content (AvgIpc) is 3.29. The number of carbonyl (C=O) groups is 2. The molecule has 1 aromatic heterocycles. The van der Waals surface area contributed by atoms with Gasteiger partial charge in [-0.25, -0.2) is 9.78 Å². The van der Waals surface area contributed by atoms with Crippen LogP contribution in [0.2, 0.25) is 0 Å². The van der Waals surface area contributed by atoms with Crippen LogP contribution < -0.4 is 5.73 Å². The maximum atomic E-state index is 12.7. The first-order valence-electron chi connectivity index (χ1n) is 13.5. The number of hydrogen-bond acceptors (Lipinski definition) is 8. The molecule has 0 radical (unpaired) electrons. The molecule has 0 amide bonds. The van der Waals surface area contributed by atoms with Crippen LogP contribution in [-0.2, 0) is 25.5 Å². The van der Waals surface area contributed by atoms with Gasteiger partial charge in [0.05, 0.1) is 17.1 Å². The SMILES string of the molecule is CC1=C/C=C\C(=O)OC(/C=C(C)/C=C/C(C)=C/CN(C)C)Cc2nc(cs2)C(C)CC(N)CC(=O)OC(C)C1. The van der Waals surface area contributed by atoms with Crippen molar-refractivity contribution in [2.75, 3.05) is 20.6 Å². The van der Waals surface area contributed by atoms with Crippen LogP contribution in [0.3, 0.4) is 0 Å². The molecule has 7 nitrogen and oxygen atoms in total.